The molecule has 1 aromatic heterocycles. The number of rotatable bonds is 9. The highest BCUT2D eigenvalue weighted by molar-refractivity contribution is 7.92. The molecule has 1 heterocycles. The molecule has 2 N–H and O–H groups in total. The zero-order valence-electron chi connectivity index (χ0n) is 20.7. The second-order valence-electron chi connectivity index (χ2n) is 8.50. The predicted octanol–water partition coefficient (Wildman–Crippen LogP) is 6.35. The van der Waals surface area contributed by atoms with Gasteiger partial charge in [0, 0.05) is 40.2 Å². The molecule has 0 saturated carbocycles. The van der Waals surface area contributed by atoms with Crippen molar-refractivity contribution in [1.29, 1.82) is 0 Å². The minimum Gasteiger partial charge on any atom is -0.280 e. The molecule has 40 heavy (non-hydrogen) atoms. The van der Waals surface area contributed by atoms with Crippen LogP contribution in [0.15, 0.2) is 119 Å². The number of nitro groups is 1. The van der Waals surface area contributed by atoms with E-state index in [4.69, 9.17) is 16.7 Å². The lowest BCUT2D eigenvalue weighted by molar-refractivity contribution is -0.385. The van der Waals surface area contributed by atoms with E-state index in [0.29, 0.717) is 16.3 Å². The maximum Gasteiger partial charge on any atom is 0.270 e. The van der Waals surface area contributed by atoms with Crippen molar-refractivity contribution in [3.05, 3.63) is 130 Å². The monoisotopic (exact) mass is 572 g/mol. The van der Waals surface area contributed by atoms with Crippen molar-refractivity contribution < 1.29 is 13.3 Å². The van der Waals surface area contributed by atoms with Crippen molar-refractivity contribution in [1.82, 2.24) is 9.78 Å². The maximum absolute atomic E-state index is 13.2. The normalized spacial score (nSPS) is 11.4. The number of anilines is 2. The zero-order valence-corrected chi connectivity index (χ0v) is 22.3. The van der Waals surface area contributed by atoms with Crippen molar-refractivity contribution in [2.24, 2.45) is 5.10 Å². The zero-order chi connectivity index (χ0) is 28.1. The van der Waals surface area contributed by atoms with Gasteiger partial charge in [-0.05, 0) is 42.5 Å². The summed E-state index contributed by atoms with van der Waals surface area (Å²) in [6, 6.07) is 28.6. The van der Waals surface area contributed by atoms with Crippen LogP contribution in [-0.2, 0) is 10.0 Å². The third-order valence-corrected chi connectivity index (χ3v) is 7.43. The Morgan fingerprint density at radius 3 is 2.27 bits per heavy atom. The topological polar surface area (TPSA) is 132 Å². The van der Waals surface area contributed by atoms with Gasteiger partial charge in [0.15, 0.2) is 0 Å². The van der Waals surface area contributed by atoms with Crippen LogP contribution in [-0.4, -0.2) is 29.3 Å². The van der Waals surface area contributed by atoms with E-state index in [1.807, 2.05) is 60.7 Å². The molecule has 5 aromatic rings. The first kappa shape index (κ1) is 26.6. The van der Waals surface area contributed by atoms with Gasteiger partial charge in [0.05, 0.1) is 22.5 Å². The number of nitro benzene ring substituents is 1. The number of sulfonamides is 1. The lowest BCUT2D eigenvalue weighted by Gasteiger charge is -2.12. The Hall–Kier alpha value is -5.00. The van der Waals surface area contributed by atoms with Crippen molar-refractivity contribution in [2.75, 3.05) is 10.1 Å². The van der Waals surface area contributed by atoms with Gasteiger partial charge in [0.2, 0.25) is 0 Å². The summed E-state index contributed by atoms with van der Waals surface area (Å²) in [6.45, 7) is 0. The van der Waals surface area contributed by atoms with Gasteiger partial charge in [-0.25, -0.2) is 13.1 Å². The summed E-state index contributed by atoms with van der Waals surface area (Å²) in [7, 11) is -4.24. The molecule has 200 valence electrons. The number of para-hydroxylation sites is 1. The molecule has 0 aliphatic rings. The Balaban J connectivity index is 1.49. The quantitative estimate of drug-likeness (QED) is 0.120. The summed E-state index contributed by atoms with van der Waals surface area (Å²) in [5.74, 6) is 0. The van der Waals surface area contributed by atoms with Gasteiger partial charge in [0.1, 0.15) is 10.6 Å². The maximum atomic E-state index is 13.2. The van der Waals surface area contributed by atoms with Gasteiger partial charge < -0.3 is 0 Å². The van der Waals surface area contributed by atoms with Crippen LogP contribution in [0, 0.1) is 10.1 Å². The first-order valence-corrected chi connectivity index (χ1v) is 13.7. The van der Waals surface area contributed by atoms with E-state index < -0.39 is 14.9 Å². The molecule has 10 nitrogen and oxygen atoms in total. The molecule has 5 rings (SSSR count). The molecule has 4 aromatic carbocycles. The van der Waals surface area contributed by atoms with Crippen LogP contribution in [0.4, 0.5) is 17.1 Å². The fraction of sp³-hybridized carbons (Fsp3) is 0. The smallest absolute Gasteiger partial charge is 0.270 e. The van der Waals surface area contributed by atoms with Crippen LogP contribution in [0.25, 0.3) is 16.9 Å². The van der Waals surface area contributed by atoms with E-state index in [-0.39, 0.29) is 22.0 Å². The highest BCUT2D eigenvalue weighted by Crippen LogP contribution is 2.29. The molecule has 0 aliphatic heterocycles. The summed E-state index contributed by atoms with van der Waals surface area (Å²) in [5, 5.41) is 20.8. The van der Waals surface area contributed by atoms with Crippen LogP contribution >= 0.6 is 11.6 Å². The Morgan fingerprint density at radius 1 is 0.925 bits per heavy atom. The SMILES string of the molecule is O=[N+]([O-])c1ccc(N/N=C/c2cn(-c3ccccc3)nc2-c2ccccc2)c(S(=O)(=O)Nc2ccc(Cl)cc2)c1. The number of non-ortho nitro benzene ring substituents is 1. The van der Waals surface area contributed by atoms with Gasteiger partial charge in [-0.3, -0.25) is 20.3 Å². The first-order chi connectivity index (χ1) is 19.3. The Kier molecular flexibility index (Phi) is 7.58. The van der Waals surface area contributed by atoms with E-state index >= 15 is 0 Å². The van der Waals surface area contributed by atoms with Gasteiger partial charge in [-0.2, -0.15) is 10.2 Å². The van der Waals surface area contributed by atoms with Crippen LogP contribution in [0.1, 0.15) is 5.56 Å². The van der Waals surface area contributed by atoms with Gasteiger partial charge in [-0.1, -0.05) is 60.1 Å². The number of nitrogens with one attached hydrogen (secondary N) is 2. The third kappa shape index (κ3) is 6.01. The summed E-state index contributed by atoms with van der Waals surface area (Å²) < 4.78 is 30.6. The Morgan fingerprint density at radius 2 is 1.60 bits per heavy atom. The Labute approximate surface area is 234 Å². The number of hydrazone groups is 1. The standard InChI is InChI=1S/C28H21ClN6O4S/c29-22-11-13-23(14-12-22)33-40(38,39)27-17-25(35(36)37)15-16-26(27)31-30-18-21-19-34(24-9-5-2-6-10-24)32-28(21)20-7-3-1-4-8-20/h1-19,31,33H/b30-18+. The molecular weight excluding hydrogens is 552 g/mol. The van der Waals surface area contributed by atoms with Gasteiger partial charge in [0.25, 0.3) is 15.7 Å². The van der Waals surface area contributed by atoms with Crippen LogP contribution in [0.2, 0.25) is 5.02 Å². The summed E-state index contributed by atoms with van der Waals surface area (Å²) in [4.78, 5) is 10.4. The van der Waals surface area contributed by atoms with Crippen molar-refractivity contribution in [2.45, 2.75) is 4.90 Å². The second-order valence-corrected chi connectivity index (χ2v) is 10.6. The van der Waals surface area contributed by atoms with Crippen LogP contribution in [0.5, 0.6) is 0 Å². The van der Waals surface area contributed by atoms with E-state index in [9.17, 15) is 18.5 Å². The number of hydrogen-bond donors (Lipinski definition) is 2. The van der Waals surface area contributed by atoms with Crippen molar-refractivity contribution in [3.8, 4) is 16.9 Å². The van der Waals surface area contributed by atoms with Gasteiger partial charge in [-0.15, -0.1) is 0 Å². The lowest BCUT2D eigenvalue weighted by Crippen LogP contribution is -2.15. The average Bonchev–Trinajstić information content (AvgIpc) is 3.39. The van der Waals surface area contributed by atoms with E-state index in [1.54, 1.807) is 10.9 Å². The minimum absolute atomic E-state index is 0.0417. The number of halogens is 1. The largest absolute Gasteiger partial charge is 0.280 e. The summed E-state index contributed by atoms with van der Waals surface area (Å²) in [6.07, 6.45) is 3.32. The molecule has 0 aliphatic carbocycles. The van der Waals surface area contributed by atoms with Crippen molar-refractivity contribution >= 4 is 44.9 Å². The van der Waals surface area contributed by atoms with Gasteiger partial charge >= 0.3 is 0 Å². The molecule has 0 saturated heterocycles. The molecule has 0 bridgehead atoms. The summed E-state index contributed by atoms with van der Waals surface area (Å²) >= 11 is 5.89. The molecule has 0 spiro atoms. The number of hydrogen-bond acceptors (Lipinski definition) is 7. The fourth-order valence-corrected chi connectivity index (χ4v) is 5.22. The molecule has 0 atom stereocenters. The summed E-state index contributed by atoms with van der Waals surface area (Å²) in [5.41, 5.74) is 5.66. The number of nitrogens with zero attached hydrogens (tertiary/aromatic N) is 4. The molecule has 0 fully saturated rings. The fourth-order valence-electron chi connectivity index (χ4n) is 3.85. The molecule has 12 heteroatoms. The first-order valence-electron chi connectivity index (χ1n) is 11.9. The lowest BCUT2D eigenvalue weighted by atomic mass is 10.1. The highest BCUT2D eigenvalue weighted by atomic mass is 35.5. The number of benzene rings is 4. The van der Waals surface area contributed by atoms with E-state index in [0.717, 1.165) is 17.3 Å². The van der Waals surface area contributed by atoms with E-state index in [2.05, 4.69) is 15.2 Å². The predicted molar refractivity (Wildman–Crippen MR) is 156 cm³/mol. The van der Waals surface area contributed by atoms with Crippen LogP contribution < -0.4 is 10.1 Å². The number of aromatic nitrogens is 2. The molecule has 0 amide bonds. The second kappa shape index (κ2) is 11.4. The van der Waals surface area contributed by atoms with E-state index in [1.165, 1.54) is 42.6 Å². The highest BCUT2D eigenvalue weighted by Gasteiger charge is 2.23. The third-order valence-electron chi connectivity index (χ3n) is 5.76. The van der Waals surface area contributed by atoms with Crippen molar-refractivity contribution in [3.63, 3.8) is 0 Å². The molecule has 0 unspecified atom stereocenters. The Bertz CT molecular complexity index is 1790. The molecular formula is C28H21ClN6O4S. The molecule has 0 radical (unpaired) electrons. The minimum atomic E-state index is -4.24. The average molecular weight is 573 g/mol. The van der Waals surface area contributed by atoms with Crippen LogP contribution in [0.3, 0.4) is 0 Å².